The molecule has 0 saturated carbocycles. The van der Waals surface area contributed by atoms with Crippen LogP contribution >= 0.6 is 15.9 Å². The summed E-state index contributed by atoms with van der Waals surface area (Å²) in [7, 11) is 0. The molecule has 110 valence electrons. The molecular formula is C18H13BrO3. The Balaban J connectivity index is 1.66. The Morgan fingerprint density at radius 3 is 2.73 bits per heavy atom. The van der Waals surface area contributed by atoms with Crippen molar-refractivity contribution in [1.29, 1.82) is 0 Å². The van der Waals surface area contributed by atoms with Gasteiger partial charge in [0.15, 0.2) is 4.67 Å². The van der Waals surface area contributed by atoms with E-state index < -0.39 is 5.97 Å². The Labute approximate surface area is 136 Å². The van der Waals surface area contributed by atoms with Crippen molar-refractivity contribution in [3.63, 3.8) is 0 Å². The minimum Gasteiger partial charge on any atom is -0.458 e. The van der Waals surface area contributed by atoms with E-state index in [-0.39, 0.29) is 6.61 Å². The largest absolute Gasteiger partial charge is 0.458 e. The van der Waals surface area contributed by atoms with Crippen LogP contribution in [0.25, 0.3) is 16.8 Å². The van der Waals surface area contributed by atoms with Gasteiger partial charge in [-0.2, -0.15) is 0 Å². The molecule has 22 heavy (non-hydrogen) atoms. The van der Waals surface area contributed by atoms with Crippen LogP contribution in [0, 0.1) is 0 Å². The molecule has 0 N–H and O–H groups in total. The highest BCUT2D eigenvalue weighted by Crippen LogP contribution is 2.19. The topological polar surface area (TPSA) is 39.4 Å². The third kappa shape index (κ3) is 3.46. The number of hydrogen-bond acceptors (Lipinski definition) is 3. The molecule has 4 heteroatoms. The van der Waals surface area contributed by atoms with E-state index in [4.69, 9.17) is 9.15 Å². The summed E-state index contributed by atoms with van der Waals surface area (Å²) in [4.78, 5) is 11.8. The van der Waals surface area contributed by atoms with E-state index in [0.29, 0.717) is 10.4 Å². The van der Waals surface area contributed by atoms with Crippen molar-refractivity contribution < 1.29 is 13.9 Å². The van der Waals surface area contributed by atoms with Gasteiger partial charge in [-0.05, 0) is 50.5 Å². The lowest BCUT2D eigenvalue weighted by Crippen LogP contribution is -2.01. The average molecular weight is 357 g/mol. The molecule has 3 aromatic rings. The number of esters is 1. The number of carbonyl (C=O) groups excluding carboxylic acids is 1. The Bertz CT molecular complexity index is 828. The normalized spacial score (nSPS) is 11.1. The van der Waals surface area contributed by atoms with Crippen LogP contribution in [0.3, 0.4) is 0 Å². The van der Waals surface area contributed by atoms with E-state index in [1.54, 1.807) is 18.2 Å². The first-order valence-corrected chi connectivity index (χ1v) is 7.58. The maximum atomic E-state index is 11.8. The number of ether oxygens (including phenoxy) is 1. The van der Waals surface area contributed by atoms with Gasteiger partial charge in [0.2, 0.25) is 0 Å². The summed E-state index contributed by atoms with van der Waals surface area (Å²) in [6.07, 6.45) is 2.94. The molecule has 0 unspecified atom stereocenters. The van der Waals surface area contributed by atoms with Gasteiger partial charge in [0, 0.05) is 6.08 Å². The molecule has 0 amide bonds. The van der Waals surface area contributed by atoms with Gasteiger partial charge in [0.05, 0.1) is 0 Å². The smallest absolute Gasteiger partial charge is 0.331 e. The lowest BCUT2D eigenvalue weighted by atomic mass is 10.1. The number of rotatable bonds is 4. The molecule has 2 aromatic carbocycles. The zero-order chi connectivity index (χ0) is 15.4. The van der Waals surface area contributed by atoms with Gasteiger partial charge in [-0.15, -0.1) is 0 Å². The second kappa shape index (κ2) is 6.62. The van der Waals surface area contributed by atoms with Crippen molar-refractivity contribution in [3.05, 3.63) is 76.7 Å². The summed E-state index contributed by atoms with van der Waals surface area (Å²) in [6, 6.07) is 17.5. The number of hydrogen-bond donors (Lipinski definition) is 0. The van der Waals surface area contributed by atoms with E-state index in [2.05, 4.69) is 15.9 Å². The molecule has 1 heterocycles. The fourth-order valence-corrected chi connectivity index (χ4v) is 2.50. The average Bonchev–Trinajstić information content (AvgIpc) is 2.96. The van der Waals surface area contributed by atoms with Crippen LogP contribution in [-0.4, -0.2) is 5.97 Å². The molecule has 0 radical (unpaired) electrons. The highest BCUT2D eigenvalue weighted by Gasteiger charge is 2.03. The first kappa shape index (κ1) is 14.6. The third-order valence-corrected chi connectivity index (χ3v) is 3.65. The van der Waals surface area contributed by atoms with Gasteiger partial charge in [-0.1, -0.05) is 42.5 Å². The molecule has 0 bridgehead atoms. The maximum absolute atomic E-state index is 11.8. The van der Waals surface area contributed by atoms with Crippen molar-refractivity contribution >= 4 is 38.7 Å². The Kier molecular flexibility index (Phi) is 4.39. The van der Waals surface area contributed by atoms with Crippen molar-refractivity contribution in [2.75, 3.05) is 0 Å². The van der Waals surface area contributed by atoms with Gasteiger partial charge in [0.25, 0.3) is 0 Å². The first-order valence-electron chi connectivity index (χ1n) is 6.79. The van der Waals surface area contributed by atoms with Crippen LogP contribution < -0.4 is 0 Å². The summed E-state index contributed by atoms with van der Waals surface area (Å²) in [5.74, 6) is 0.189. The first-order chi connectivity index (χ1) is 10.7. The van der Waals surface area contributed by atoms with Gasteiger partial charge in [-0.25, -0.2) is 4.79 Å². The van der Waals surface area contributed by atoms with E-state index in [1.807, 2.05) is 42.5 Å². The molecule has 3 nitrogen and oxygen atoms in total. The number of carbonyl (C=O) groups is 1. The van der Waals surface area contributed by atoms with Gasteiger partial charge in [-0.3, -0.25) is 0 Å². The summed E-state index contributed by atoms with van der Waals surface area (Å²) in [5, 5.41) is 2.23. The Hall–Kier alpha value is -2.33. The monoisotopic (exact) mass is 356 g/mol. The molecule has 0 atom stereocenters. The fourth-order valence-electron chi connectivity index (χ4n) is 2.18. The highest BCUT2D eigenvalue weighted by atomic mass is 79.9. The van der Waals surface area contributed by atoms with Gasteiger partial charge >= 0.3 is 5.97 Å². The predicted molar refractivity (Wildman–Crippen MR) is 89.2 cm³/mol. The number of fused-ring (bicyclic) bond motifs is 1. The minimum atomic E-state index is -0.402. The maximum Gasteiger partial charge on any atom is 0.331 e. The van der Waals surface area contributed by atoms with Crippen LogP contribution in [0.2, 0.25) is 0 Å². The quantitative estimate of drug-likeness (QED) is 0.490. The lowest BCUT2D eigenvalue weighted by molar-refractivity contribution is -0.138. The van der Waals surface area contributed by atoms with Crippen LogP contribution in [0.5, 0.6) is 0 Å². The van der Waals surface area contributed by atoms with Crippen molar-refractivity contribution in [3.8, 4) is 0 Å². The third-order valence-electron chi connectivity index (χ3n) is 3.23. The van der Waals surface area contributed by atoms with Crippen molar-refractivity contribution in [2.45, 2.75) is 6.61 Å². The van der Waals surface area contributed by atoms with E-state index >= 15 is 0 Å². The molecule has 0 aliphatic rings. The summed E-state index contributed by atoms with van der Waals surface area (Å²) in [6.45, 7) is 0.242. The SMILES string of the molecule is O=C(C=Cc1ccc(Br)o1)OCc1cccc2ccccc12. The summed E-state index contributed by atoms with van der Waals surface area (Å²) >= 11 is 3.21. The number of halogens is 1. The second-order valence-electron chi connectivity index (χ2n) is 4.72. The van der Waals surface area contributed by atoms with Gasteiger partial charge < -0.3 is 9.15 Å². The fraction of sp³-hybridized carbons (Fsp3) is 0.0556. The van der Waals surface area contributed by atoms with E-state index in [1.165, 1.54) is 6.08 Å². The Morgan fingerprint density at radius 2 is 1.91 bits per heavy atom. The van der Waals surface area contributed by atoms with Gasteiger partial charge in [0.1, 0.15) is 12.4 Å². The van der Waals surface area contributed by atoms with Crippen LogP contribution in [0.4, 0.5) is 0 Å². The highest BCUT2D eigenvalue weighted by molar-refractivity contribution is 9.10. The molecule has 0 fully saturated rings. The molecule has 0 aliphatic carbocycles. The number of benzene rings is 2. The van der Waals surface area contributed by atoms with Crippen LogP contribution in [-0.2, 0) is 16.1 Å². The van der Waals surface area contributed by atoms with Crippen molar-refractivity contribution in [1.82, 2.24) is 0 Å². The van der Waals surface area contributed by atoms with Crippen molar-refractivity contribution in [2.24, 2.45) is 0 Å². The van der Waals surface area contributed by atoms with Crippen LogP contribution in [0.1, 0.15) is 11.3 Å². The number of furan rings is 1. The molecule has 3 rings (SSSR count). The molecular weight excluding hydrogens is 344 g/mol. The minimum absolute atomic E-state index is 0.242. The molecule has 0 saturated heterocycles. The molecule has 1 aromatic heterocycles. The second-order valence-corrected chi connectivity index (χ2v) is 5.50. The molecule has 0 spiro atoms. The Morgan fingerprint density at radius 1 is 1.09 bits per heavy atom. The van der Waals surface area contributed by atoms with Crippen LogP contribution in [0.15, 0.2) is 69.8 Å². The van der Waals surface area contributed by atoms with E-state index in [9.17, 15) is 4.79 Å². The zero-order valence-electron chi connectivity index (χ0n) is 11.7. The summed E-state index contributed by atoms with van der Waals surface area (Å²) in [5.41, 5.74) is 0.987. The standard InChI is InChI=1S/C18H13BrO3/c19-17-10-8-15(22-17)9-11-18(20)21-12-14-6-3-5-13-4-1-2-7-16(13)14/h1-11H,12H2. The zero-order valence-corrected chi connectivity index (χ0v) is 13.2. The van der Waals surface area contributed by atoms with E-state index in [0.717, 1.165) is 16.3 Å². The predicted octanol–water partition coefficient (Wildman–Crippen LogP) is 4.95. The molecule has 0 aliphatic heterocycles. The lowest BCUT2D eigenvalue weighted by Gasteiger charge is -2.06. The summed E-state index contributed by atoms with van der Waals surface area (Å²) < 4.78 is 11.2.